The van der Waals surface area contributed by atoms with Crippen molar-refractivity contribution in [3.05, 3.63) is 0 Å². The van der Waals surface area contributed by atoms with Crippen LogP contribution in [0.25, 0.3) is 0 Å². The summed E-state index contributed by atoms with van der Waals surface area (Å²) in [7, 11) is -2.91. The average molecular weight is 265 g/mol. The summed E-state index contributed by atoms with van der Waals surface area (Å²) in [5, 5.41) is 17.9. The minimum absolute atomic E-state index is 0.119. The van der Waals surface area contributed by atoms with E-state index >= 15 is 0 Å². The van der Waals surface area contributed by atoms with E-state index in [9.17, 15) is 5.11 Å². The van der Waals surface area contributed by atoms with E-state index < -0.39 is 22.7 Å². The molecule has 3 nitrogen and oxygen atoms in total. The van der Waals surface area contributed by atoms with Gasteiger partial charge in [0.05, 0.1) is 12.7 Å². The highest BCUT2D eigenvalue weighted by Gasteiger charge is 2.28. The highest BCUT2D eigenvalue weighted by Crippen LogP contribution is 2.21. The summed E-state index contributed by atoms with van der Waals surface area (Å²) in [6.07, 6.45) is 2.24. The van der Waals surface area contributed by atoms with Crippen LogP contribution in [-0.4, -0.2) is 39.6 Å². The fourth-order valence-corrected chi connectivity index (χ4v) is 10.0. The minimum atomic E-state index is -1.50. The Bertz CT molecular complexity index is 190. The van der Waals surface area contributed by atoms with Gasteiger partial charge in [0.2, 0.25) is 0 Å². The van der Waals surface area contributed by atoms with E-state index in [0.29, 0.717) is 6.42 Å². The molecule has 0 radical (unpaired) electrons. The molecule has 0 rings (SSSR count). The quantitative estimate of drug-likeness (QED) is 0.523. The van der Waals surface area contributed by atoms with Crippen LogP contribution in [0.3, 0.4) is 0 Å². The lowest BCUT2D eigenvalue weighted by atomic mass is 10.2. The summed E-state index contributed by atoms with van der Waals surface area (Å²) in [6, 6.07) is 1.15. The molecule has 0 bridgehead atoms. The molecule has 0 fully saturated rings. The predicted molar refractivity (Wildman–Crippen MR) is 73.7 cm³/mol. The van der Waals surface area contributed by atoms with Gasteiger partial charge >= 0.3 is 0 Å². The van der Waals surface area contributed by atoms with Crippen LogP contribution in [0.4, 0.5) is 0 Å². The number of aliphatic hydroxyl groups excluding tert-OH is 2. The first-order chi connectivity index (χ1) is 7.16. The van der Waals surface area contributed by atoms with E-state index in [1.54, 1.807) is 0 Å². The van der Waals surface area contributed by atoms with E-state index in [0.717, 1.165) is 18.9 Å². The van der Waals surface area contributed by atoms with Crippen LogP contribution < -0.4 is 0 Å². The Kier molecular flexibility index (Phi) is 7.04. The third-order valence-electron chi connectivity index (χ3n) is 2.36. The van der Waals surface area contributed by atoms with E-state index in [2.05, 4.69) is 32.7 Å². The second-order valence-corrected chi connectivity index (χ2v) is 15.1. The lowest BCUT2D eigenvalue weighted by molar-refractivity contribution is 0.0864. The largest absolute Gasteiger partial charge is 0.456 e. The van der Waals surface area contributed by atoms with E-state index in [1.807, 2.05) is 0 Å². The molecule has 0 aromatic carbocycles. The number of rotatable bonds is 8. The summed E-state index contributed by atoms with van der Waals surface area (Å²) in [4.78, 5) is 0. The summed E-state index contributed by atoms with van der Waals surface area (Å²) >= 11 is 0. The van der Waals surface area contributed by atoms with Crippen LogP contribution in [0.2, 0.25) is 38.8 Å². The van der Waals surface area contributed by atoms with E-state index in [1.165, 1.54) is 0 Å². The predicted octanol–water partition coefficient (Wildman–Crippen LogP) is 2.57. The standard InChI is InChI=1S/C11H28O3Si2/c1-15(2,3)14-16(4,5)9-7-6-8-11(13)10-12/h11-13H,6-10H2,1-5H3. The second kappa shape index (κ2) is 6.91. The molecule has 0 spiro atoms. The van der Waals surface area contributed by atoms with E-state index in [-0.39, 0.29) is 6.61 Å². The van der Waals surface area contributed by atoms with Crippen LogP contribution >= 0.6 is 0 Å². The highest BCUT2D eigenvalue weighted by molar-refractivity contribution is 6.84. The Hall–Kier alpha value is 0.314. The first-order valence-electron chi connectivity index (χ1n) is 6.15. The van der Waals surface area contributed by atoms with Crippen molar-refractivity contribution in [1.29, 1.82) is 0 Å². The molecular formula is C11H28O3Si2. The molecule has 0 heterocycles. The van der Waals surface area contributed by atoms with Gasteiger partial charge in [-0.3, -0.25) is 0 Å². The Morgan fingerprint density at radius 1 is 1.06 bits per heavy atom. The first-order valence-corrected chi connectivity index (χ1v) is 12.7. The monoisotopic (exact) mass is 264 g/mol. The van der Waals surface area contributed by atoms with Gasteiger partial charge in [0.25, 0.3) is 0 Å². The van der Waals surface area contributed by atoms with Gasteiger partial charge in [-0.2, -0.15) is 0 Å². The molecule has 0 amide bonds. The van der Waals surface area contributed by atoms with Gasteiger partial charge in [0, 0.05) is 0 Å². The van der Waals surface area contributed by atoms with Gasteiger partial charge in [-0.05, 0) is 45.2 Å². The summed E-state index contributed by atoms with van der Waals surface area (Å²) in [6.45, 7) is 11.1. The van der Waals surface area contributed by atoms with Gasteiger partial charge in [-0.15, -0.1) is 0 Å². The molecular weight excluding hydrogens is 236 g/mol. The maximum Gasteiger partial charge on any atom is 0.173 e. The molecule has 0 aliphatic rings. The van der Waals surface area contributed by atoms with Crippen LogP contribution in [0.5, 0.6) is 0 Å². The molecule has 0 aromatic rings. The van der Waals surface area contributed by atoms with Crippen molar-refractivity contribution < 1.29 is 14.3 Å². The van der Waals surface area contributed by atoms with Crippen molar-refractivity contribution in [2.24, 2.45) is 0 Å². The molecule has 0 aliphatic carbocycles. The zero-order valence-corrected chi connectivity index (χ0v) is 13.4. The lowest BCUT2D eigenvalue weighted by Crippen LogP contribution is -2.42. The van der Waals surface area contributed by atoms with Crippen molar-refractivity contribution in [1.82, 2.24) is 0 Å². The molecule has 0 saturated carbocycles. The molecule has 1 unspecified atom stereocenters. The van der Waals surface area contributed by atoms with Crippen molar-refractivity contribution in [2.45, 2.75) is 64.1 Å². The third kappa shape index (κ3) is 9.53. The molecule has 0 saturated heterocycles. The fourth-order valence-electron chi connectivity index (χ4n) is 1.90. The Morgan fingerprint density at radius 2 is 1.62 bits per heavy atom. The van der Waals surface area contributed by atoms with Crippen molar-refractivity contribution in [3.8, 4) is 0 Å². The smallest absolute Gasteiger partial charge is 0.173 e. The number of hydrogen-bond acceptors (Lipinski definition) is 3. The van der Waals surface area contributed by atoms with Gasteiger partial charge < -0.3 is 14.3 Å². The zero-order chi connectivity index (χ0) is 12.8. The maximum absolute atomic E-state index is 9.21. The number of unbranched alkanes of at least 4 members (excludes halogenated alkanes) is 1. The van der Waals surface area contributed by atoms with E-state index in [4.69, 9.17) is 9.22 Å². The molecule has 1 atom stereocenters. The van der Waals surface area contributed by atoms with Crippen LogP contribution in [0.1, 0.15) is 19.3 Å². The van der Waals surface area contributed by atoms with Crippen molar-refractivity contribution in [3.63, 3.8) is 0 Å². The maximum atomic E-state index is 9.21. The van der Waals surface area contributed by atoms with Crippen LogP contribution in [0, 0.1) is 0 Å². The summed E-state index contributed by atoms with van der Waals surface area (Å²) < 4.78 is 6.22. The SMILES string of the molecule is C[Si](C)(C)O[Si](C)(C)CCCCC(O)CO. The highest BCUT2D eigenvalue weighted by atomic mass is 28.4. The van der Waals surface area contributed by atoms with Gasteiger partial charge in [-0.1, -0.05) is 12.8 Å². The van der Waals surface area contributed by atoms with Gasteiger partial charge in [-0.25, -0.2) is 0 Å². The lowest BCUT2D eigenvalue weighted by Gasteiger charge is -2.31. The Morgan fingerprint density at radius 3 is 2.06 bits per heavy atom. The average Bonchev–Trinajstić information content (AvgIpc) is 2.08. The van der Waals surface area contributed by atoms with Crippen molar-refractivity contribution in [2.75, 3.05) is 6.61 Å². The third-order valence-corrected chi connectivity index (χ3v) is 8.58. The summed E-state index contributed by atoms with van der Waals surface area (Å²) in [5.41, 5.74) is 0. The summed E-state index contributed by atoms with van der Waals surface area (Å²) in [5.74, 6) is 0. The van der Waals surface area contributed by atoms with Gasteiger partial charge in [0.15, 0.2) is 16.6 Å². The zero-order valence-electron chi connectivity index (χ0n) is 11.4. The van der Waals surface area contributed by atoms with Gasteiger partial charge in [0.1, 0.15) is 0 Å². The molecule has 16 heavy (non-hydrogen) atoms. The first kappa shape index (κ1) is 16.3. The van der Waals surface area contributed by atoms with Crippen molar-refractivity contribution >= 4 is 16.6 Å². The molecule has 0 aromatic heterocycles. The molecule has 2 N–H and O–H groups in total. The molecule has 0 aliphatic heterocycles. The van der Waals surface area contributed by atoms with Crippen LogP contribution in [0.15, 0.2) is 0 Å². The molecule has 98 valence electrons. The Labute approximate surface area is 102 Å². The number of aliphatic hydroxyl groups is 2. The Balaban J connectivity index is 3.74. The number of hydrogen-bond donors (Lipinski definition) is 2. The normalized spacial score (nSPS) is 15.2. The second-order valence-electron chi connectivity index (χ2n) is 6.06. The minimum Gasteiger partial charge on any atom is -0.456 e. The topological polar surface area (TPSA) is 49.7 Å². The van der Waals surface area contributed by atoms with Crippen LogP contribution in [-0.2, 0) is 4.12 Å². The molecule has 5 heteroatoms. The fraction of sp³-hybridized carbons (Fsp3) is 1.00.